The van der Waals surface area contributed by atoms with E-state index >= 15 is 0 Å². The summed E-state index contributed by atoms with van der Waals surface area (Å²) in [5.74, 6) is 2.61. The first-order valence-corrected chi connectivity index (χ1v) is 14.2. The second-order valence-corrected chi connectivity index (χ2v) is 13.4. The van der Waals surface area contributed by atoms with Crippen LogP contribution in [0.1, 0.15) is 86.0 Å². The molecule has 4 aliphatic carbocycles. The van der Waals surface area contributed by atoms with Crippen LogP contribution in [0.15, 0.2) is 0 Å². The number of halogens is 3. The molecule has 4 saturated carbocycles. The molecule has 0 aromatic rings. The van der Waals surface area contributed by atoms with Gasteiger partial charge < -0.3 is 19.7 Å². The molecule has 4 fully saturated rings. The molecular weight excluding hydrogens is 501 g/mol. The molecule has 9 unspecified atom stereocenters. The fourth-order valence-electron chi connectivity index (χ4n) is 8.25. The lowest BCUT2D eigenvalue weighted by Gasteiger charge is -2.42. The number of hydrogen-bond donors (Lipinski definition) is 2. The monoisotopic (exact) mass is 548 g/mol. The first-order valence-electron chi connectivity index (χ1n) is 14.2. The Morgan fingerprint density at radius 1 is 1.03 bits per heavy atom. The Labute approximate surface area is 225 Å². The third kappa shape index (κ3) is 6.86. The minimum Gasteiger partial charge on any atom is -0.480 e. The van der Waals surface area contributed by atoms with Crippen LogP contribution in [0.4, 0.5) is 13.2 Å². The molecule has 4 bridgehead atoms. The first-order chi connectivity index (χ1) is 17.5. The van der Waals surface area contributed by atoms with Crippen molar-refractivity contribution in [2.75, 3.05) is 13.7 Å². The van der Waals surface area contributed by atoms with Crippen LogP contribution in [0, 0.1) is 53.3 Å². The van der Waals surface area contributed by atoms with E-state index in [9.17, 15) is 27.9 Å². The number of alkyl halides is 3. The van der Waals surface area contributed by atoms with Crippen molar-refractivity contribution < 1.29 is 42.4 Å². The maximum absolute atomic E-state index is 12.5. The Kier molecular flexibility index (Phi) is 9.55. The largest absolute Gasteiger partial charge is 0.480 e. The zero-order chi connectivity index (χ0) is 28.6. The summed E-state index contributed by atoms with van der Waals surface area (Å²) in [4.78, 5) is 22.6. The molecule has 2 N–H and O–H groups in total. The maximum Gasteiger partial charge on any atom is 0.416 e. The summed E-state index contributed by atoms with van der Waals surface area (Å²) < 4.78 is 48.0. The van der Waals surface area contributed by atoms with Crippen molar-refractivity contribution >= 4 is 11.9 Å². The van der Waals surface area contributed by atoms with Crippen molar-refractivity contribution in [3.8, 4) is 0 Å². The highest BCUT2D eigenvalue weighted by Gasteiger charge is 2.55. The van der Waals surface area contributed by atoms with Gasteiger partial charge in [0.05, 0.1) is 18.6 Å². The van der Waals surface area contributed by atoms with E-state index in [1.54, 1.807) is 0 Å². The van der Waals surface area contributed by atoms with E-state index in [-0.39, 0.29) is 30.8 Å². The molecule has 0 aromatic heterocycles. The maximum atomic E-state index is 12.5. The molecule has 0 heterocycles. The Morgan fingerprint density at radius 3 is 2.16 bits per heavy atom. The summed E-state index contributed by atoms with van der Waals surface area (Å²) in [5.41, 5.74) is -2.94. The molecule has 6 nitrogen and oxygen atoms in total. The van der Waals surface area contributed by atoms with Gasteiger partial charge in [0.25, 0.3) is 0 Å². The summed E-state index contributed by atoms with van der Waals surface area (Å²) in [6, 6.07) is 0. The second-order valence-electron chi connectivity index (χ2n) is 13.4. The summed E-state index contributed by atoms with van der Waals surface area (Å²) >= 11 is 0. The van der Waals surface area contributed by atoms with Gasteiger partial charge in [0.15, 0.2) is 5.60 Å². The minimum atomic E-state index is -4.49. The number of methoxy groups -OCH3 is 1. The molecule has 9 heteroatoms. The van der Waals surface area contributed by atoms with Gasteiger partial charge in [-0.3, -0.25) is 4.79 Å². The Hall–Kier alpha value is -1.35. The number of fused-ring (bicyclic) bond motifs is 4. The highest BCUT2D eigenvalue weighted by molar-refractivity contribution is 5.71. The van der Waals surface area contributed by atoms with E-state index in [0.29, 0.717) is 41.4 Å². The molecule has 0 aliphatic heterocycles. The van der Waals surface area contributed by atoms with Gasteiger partial charge >= 0.3 is 18.1 Å². The standard InChI is InChI=1S/C18H30O5.C11H17F3O/c1-10(17(21)22-5)6-13-11(2)12-7-14(13)15(8-12)18(3,4)23-9-16(19)20;1-10(15,11(12,13)14)6-9-5-7-2-3-8(9)4-7/h10-15H,6-9H2,1-5H3,(H,19,20);7-9,15H,2-6H2,1H3/t10?,11?,12?,13-,14?,15?;/m0./s1. The van der Waals surface area contributed by atoms with Gasteiger partial charge in [-0.15, -0.1) is 0 Å². The number of hydrogen-bond acceptors (Lipinski definition) is 5. The fourth-order valence-corrected chi connectivity index (χ4v) is 8.25. The van der Waals surface area contributed by atoms with Crippen molar-refractivity contribution in [2.45, 2.75) is 103 Å². The van der Waals surface area contributed by atoms with Crippen molar-refractivity contribution in [3.05, 3.63) is 0 Å². The van der Waals surface area contributed by atoms with Crippen molar-refractivity contribution in [1.29, 1.82) is 0 Å². The van der Waals surface area contributed by atoms with Crippen LogP contribution in [0.3, 0.4) is 0 Å². The van der Waals surface area contributed by atoms with Crippen molar-refractivity contribution in [2.24, 2.45) is 53.3 Å². The van der Waals surface area contributed by atoms with Crippen LogP contribution >= 0.6 is 0 Å². The lowest BCUT2D eigenvalue weighted by Crippen LogP contribution is -2.44. The van der Waals surface area contributed by atoms with Gasteiger partial charge in [0, 0.05) is 0 Å². The average Bonchev–Trinajstić information content (AvgIpc) is 3.59. The van der Waals surface area contributed by atoms with E-state index in [2.05, 4.69) is 6.92 Å². The van der Waals surface area contributed by atoms with Crippen LogP contribution < -0.4 is 0 Å². The third-order valence-electron chi connectivity index (χ3n) is 10.5. The molecule has 0 amide bonds. The number of carboxylic acids is 1. The predicted octanol–water partition coefficient (Wildman–Crippen LogP) is 6.10. The number of esters is 1. The van der Waals surface area contributed by atoms with E-state index in [1.165, 1.54) is 20.0 Å². The first kappa shape index (κ1) is 31.2. The zero-order valence-electron chi connectivity index (χ0n) is 23.7. The van der Waals surface area contributed by atoms with Crippen molar-refractivity contribution in [3.63, 3.8) is 0 Å². The molecule has 0 saturated heterocycles. The lowest BCUT2D eigenvalue weighted by atomic mass is 9.67. The molecule has 220 valence electrons. The number of carbonyl (C=O) groups is 2. The fraction of sp³-hybridized carbons (Fsp3) is 0.931. The molecule has 10 atom stereocenters. The number of carbonyl (C=O) groups excluding carboxylic acids is 1. The van der Waals surface area contributed by atoms with E-state index in [1.807, 2.05) is 20.8 Å². The van der Waals surface area contributed by atoms with Crippen LogP contribution in [0.2, 0.25) is 0 Å². The highest BCUT2D eigenvalue weighted by atomic mass is 19.4. The quantitative estimate of drug-likeness (QED) is 0.338. The number of carboxylic acid groups (broad SMARTS) is 1. The number of ether oxygens (including phenoxy) is 2. The van der Waals surface area contributed by atoms with Crippen LogP contribution in [-0.2, 0) is 19.1 Å². The molecule has 0 radical (unpaired) electrons. The van der Waals surface area contributed by atoms with E-state index < -0.39 is 23.3 Å². The van der Waals surface area contributed by atoms with Gasteiger partial charge in [-0.05, 0) is 113 Å². The van der Waals surface area contributed by atoms with Gasteiger partial charge in [0.2, 0.25) is 0 Å². The highest BCUT2D eigenvalue weighted by Crippen LogP contribution is 2.60. The second kappa shape index (κ2) is 11.6. The minimum absolute atomic E-state index is 0.0837. The summed E-state index contributed by atoms with van der Waals surface area (Å²) in [6.07, 6.45) is 2.72. The number of aliphatic carboxylic acids is 1. The van der Waals surface area contributed by atoms with E-state index in [4.69, 9.17) is 14.6 Å². The van der Waals surface area contributed by atoms with Gasteiger partial charge in [0.1, 0.15) is 6.61 Å². The number of rotatable bonds is 9. The zero-order valence-corrected chi connectivity index (χ0v) is 23.7. The van der Waals surface area contributed by atoms with Crippen LogP contribution in [0.25, 0.3) is 0 Å². The SMILES string of the molecule is CC(O)(CC1CC2CCC1C2)C(F)(F)F.COC(=O)C(C)C[C@H]1C(C)C2CC1C(C(C)(C)OCC(=O)O)C2. The average molecular weight is 549 g/mol. The molecular formula is C29H47F3O6. The van der Waals surface area contributed by atoms with Crippen LogP contribution in [0.5, 0.6) is 0 Å². The Bertz CT molecular complexity index is 841. The molecule has 0 aromatic carbocycles. The Balaban J connectivity index is 0.000000230. The molecule has 38 heavy (non-hydrogen) atoms. The van der Waals surface area contributed by atoms with Crippen LogP contribution in [-0.4, -0.2) is 53.2 Å². The molecule has 4 aliphatic rings. The number of aliphatic hydroxyl groups is 1. The topological polar surface area (TPSA) is 93.1 Å². The normalized spacial score (nSPS) is 36.4. The molecule has 4 rings (SSSR count). The van der Waals surface area contributed by atoms with Crippen molar-refractivity contribution in [1.82, 2.24) is 0 Å². The van der Waals surface area contributed by atoms with Gasteiger partial charge in [-0.25, -0.2) is 4.79 Å². The summed E-state index contributed by atoms with van der Waals surface area (Å²) in [6.45, 7) is 8.89. The lowest BCUT2D eigenvalue weighted by molar-refractivity contribution is -0.259. The summed E-state index contributed by atoms with van der Waals surface area (Å²) in [5, 5.41) is 18.3. The molecule has 0 spiro atoms. The van der Waals surface area contributed by atoms with Gasteiger partial charge in [-0.1, -0.05) is 20.3 Å². The third-order valence-corrected chi connectivity index (χ3v) is 10.5. The predicted molar refractivity (Wildman–Crippen MR) is 136 cm³/mol. The Morgan fingerprint density at radius 2 is 1.68 bits per heavy atom. The summed E-state index contributed by atoms with van der Waals surface area (Å²) in [7, 11) is 1.44. The van der Waals surface area contributed by atoms with E-state index in [0.717, 1.165) is 39.0 Å². The van der Waals surface area contributed by atoms with Gasteiger partial charge in [-0.2, -0.15) is 13.2 Å². The smallest absolute Gasteiger partial charge is 0.416 e.